The molecular formula is C19H25N3O3. The van der Waals surface area contributed by atoms with Gasteiger partial charge in [0.15, 0.2) is 5.96 Å². The summed E-state index contributed by atoms with van der Waals surface area (Å²) < 4.78 is 10.7. The summed E-state index contributed by atoms with van der Waals surface area (Å²) in [4.78, 5) is 4.18. The molecule has 4 N–H and O–H groups in total. The minimum absolute atomic E-state index is 0.128. The number of aliphatic imine (C=N–C) groups is 1. The summed E-state index contributed by atoms with van der Waals surface area (Å²) in [5.41, 5.74) is 7.41. The maximum absolute atomic E-state index is 10.2. The van der Waals surface area contributed by atoms with Crippen molar-refractivity contribution in [2.24, 2.45) is 10.7 Å². The molecule has 2 rings (SSSR count). The number of ether oxygens (including phenoxy) is 2. The van der Waals surface area contributed by atoms with Crippen LogP contribution >= 0.6 is 0 Å². The van der Waals surface area contributed by atoms with Gasteiger partial charge in [-0.2, -0.15) is 0 Å². The lowest BCUT2D eigenvalue weighted by Crippen LogP contribution is -2.23. The van der Waals surface area contributed by atoms with E-state index in [1.165, 1.54) is 0 Å². The summed E-state index contributed by atoms with van der Waals surface area (Å²) in [6.07, 6.45) is -0.624. The first-order valence-electron chi connectivity index (χ1n) is 8.13. The third-order valence-corrected chi connectivity index (χ3v) is 3.41. The quantitative estimate of drug-likeness (QED) is 0.531. The van der Waals surface area contributed by atoms with E-state index < -0.39 is 6.10 Å². The largest absolute Gasteiger partial charge is 0.497 e. The van der Waals surface area contributed by atoms with Gasteiger partial charge >= 0.3 is 0 Å². The lowest BCUT2D eigenvalue weighted by atomic mass is 10.1. The van der Waals surface area contributed by atoms with Crippen LogP contribution in [0, 0.1) is 0 Å². The number of nitrogens with two attached hydrogens (primary N) is 1. The molecule has 0 amide bonds. The molecule has 0 saturated carbocycles. The van der Waals surface area contributed by atoms with Crippen molar-refractivity contribution in [3.8, 4) is 11.5 Å². The van der Waals surface area contributed by atoms with E-state index >= 15 is 0 Å². The number of anilines is 1. The van der Waals surface area contributed by atoms with Crippen LogP contribution in [0.4, 0.5) is 5.69 Å². The van der Waals surface area contributed by atoms with Gasteiger partial charge in [0, 0.05) is 5.69 Å². The van der Waals surface area contributed by atoms with Crippen molar-refractivity contribution in [2.45, 2.75) is 26.1 Å². The lowest BCUT2D eigenvalue weighted by molar-refractivity contribution is 0.187. The summed E-state index contributed by atoms with van der Waals surface area (Å²) in [7, 11) is 1.59. The predicted octanol–water partition coefficient (Wildman–Crippen LogP) is 2.94. The van der Waals surface area contributed by atoms with E-state index in [9.17, 15) is 5.11 Å². The van der Waals surface area contributed by atoms with Gasteiger partial charge in [-0.05, 0) is 55.8 Å². The Morgan fingerprint density at radius 2 is 1.88 bits per heavy atom. The number of rotatable bonds is 7. The number of aliphatic hydroxyl groups excluding tert-OH is 1. The predicted molar refractivity (Wildman–Crippen MR) is 100 cm³/mol. The van der Waals surface area contributed by atoms with Crippen LogP contribution in [0.5, 0.6) is 11.5 Å². The fourth-order valence-corrected chi connectivity index (χ4v) is 2.22. The number of nitrogens with zero attached hydrogens (tertiary/aromatic N) is 1. The van der Waals surface area contributed by atoms with E-state index in [1.807, 2.05) is 56.3 Å². The Balaban J connectivity index is 1.92. The topological polar surface area (TPSA) is 89.1 Å². The Labute approximate surface area is 148 Å². The van der Waals surface area contributed by atoms with Crippen LogP contribution < -0.4 is 20.5 Å². The van der Waals surface area contributed by atoms with Crippen molar-refractivity contribution < 1.29 is 14.6 Å². The average molecular weight is 343 g/mol. The van der Waals surface area contributed by atoms with Crippen molar-refractivity contribution >= 4 is 11.6 Å². The smallest absolute Gasteiger partial charge is 0.193 e. The molecule has 0 aliphatic heterocycles. The highest BCUT2D eigenvalue weighted by Gasteiger charge is 2.08. The minimum atomic E-state index is -0.753. The third-order valence-electron chi connectivity index (χ3n) is 3.41. The number of nitrogens with one attached hydrogen (secondary N) is 1. The maximum atomic E-state index is 10.2. The summed E-state index contributed by atoms with van der Waals surface area (Å²) in [5, 5.41) is 13.2. The SMILES string of the molecule is COc1cccc(C(O)CN=C(N)Nc2ccc(OC(C)C)cc2)c1. The second-order valence-electron chi connectivity index (χ2n) is 5.83. The summed E-state index contributed by atoms with van der Waals surface area (Å²) in [6.45, 7) is 4.11. The molecule has 1 unspecified atom stereocenters. The molecule has 0 bridgehead atoms. The molecule has 25 heavy (non-hydrogen) atoms. The molecule has 6 heteroatoms. The number of hydrogen-bond donors (Lipinski definition) is 3. The average Bonchev–Trinajstić information content (AvgIpc) is 2.61. The van der Waals surface area contributed by atoms with Crippen LogP contribution in [0.15, 0.2) is 53.5 Å². The van der Waals surface area contributed by atoms with E-state index in [4.69, 9.17) is 15.2 Å². The fourth-order valence-electron chi connectivity index (χ4n) is 2.22. The molecule has 0 radical (unpaired) electrons. The standard InChI is InChI=1S/C19H25N3O3/c1-13(2)25-16-9-7-15(8-10-16)22-19(20)21-12-18(23)14-5-4-6-17(11-14)24-3/h4-11,13,18,23H,12H2,1-3H3,(H3,20,21,22). The first-order chi connectivity index (χ1) is 12.0. The van der Waals surface area contributed by atoms with Crippen molar-refractivity contribution in [1.29, 1.82) is 0 Å². The highest BCUT2D eigenvalue weighted by Crippen LogP contribution is 2.19. The Morgan fingerprint density at radius 3 is 2.52 bits per heavy atom. The second kappa shape index (κ2) is 8.94. The zero-order chi connectivity index (χ0) is 18.2. The first kappa shape index (κ1) is 18.6. The van der Waals surface area contributed by atoms with Crippen LogP contribution in [0.2, 0.25) is 0 Å². The summed E-state index contributed by atoms with van der Waals surface area (Å²) in [6, 6.07) is 14.7. The number of hydrogen-bond acceptors (Lipinski definition) is 4. The van der Waals surface area contributed by atoms with E-state index in [1.54, 1.807) is 13.2 Å². The Bertz CT molecular complexity index is 699. The highest BCUT2D eigenvalue weighted by atomic mass is 16.5. The van der Waals surface area contributed by atoms with Gasteiger partial charge in [0.05, 0.1) is 25.9 Å². The Kier molecular flexibility index (Phi) is 6.65. The molecule has 0 fully saturated rings. The lowest BCUT2D eigenvalue weighted by Gasteiger charge is -2.12. The molecule has 134 valence electrons. The van der Waals surface area contributed by atoms with Gasteiger partial charge < -0.3 is 25.6 Å². The second-order valence-corrected chi connectivity index (χ2v) is 5.83. The van der Waals surface area contributed by atoms with Gasteiger partial charge in [0.25, 0.3) is 0 Å². The zero-order valence-corrected chi connectivity index (χ0v) is 14.8. The number of benzene rings is 2. The van der Waals surface area contributed by atoms with E-state index in [-0.39, 0.29) is 18.6 Å². The Morgan fingerprint density at radius 1 is 1.16 bits per heavy atom. The molecule has 1 atom stereocenters. The van der Waals surface area contributed by atoms with E-state index in [2.05, 4.69) is 10.3 Å². The summed E-state index contributed by atoms with van der Waals surface area (Å²) in [5.74, 6) is 1.72. The highest BCUT2D eigenvalue weighted by molar-refractivity contribution is 5.92. The van der Waals surface area contributed by atoms with Gasteiger partial charge in [0.2, 0.25) is 0 Å². The third kappa shape index (κ3) is 6.00. The molecule has 0 saturated heterocycles. The summed E-state index contributed by atoms with van der Waals surface area (Å²) >= 11 is 0. The molecule has 2 aromatic rings. The van der Waals surface area contributed by atoms with Gasteiger partial charge in [-0.25, -0.2) is 0 Å². The van der Waals surface area contributed by atoms with Gasteiger partial charge in [0.1, 0.15) is 11.5 Å². The van der Waals surface area contributed by atoms with Crippen molar-refractivity contribution in [3.63, 3.8) is 0 Å². The molecule has 0 aliphatic carbocycles. The van der Waals surface area contributed by atoms with Crippen LogP contribution in [0.3, 0.4) is 0 Å². The number of aliphatic hydroxyl groups is 1. The van der Waals surface area contributed by atoms with Crippen LogP contribution in [0.25, 0.3) is 0 Å². The molecule has 6 nitrogen and oxygen atoms in total. The van der Waals surface area contributed by atoms with Crippen LogP contribution in [-0.4, -0.2) is 30.8 Å². The monoisotopic (exact) mass is 343 g/mol. The van der Waals surface area contributed by atoms with Crippen LogP contribution in [0.1, 0.15) is 25.5 Å². The molecule has 0 aliphatic rings. The van der Waals surface area contributed by atoms with Crippen LogP contribution in [-0.2, 0) is 0 Å². The van der Waals surface area contributed by atoms with Gasteiger partial charge in [-0.3, -0.25) is 4.99 Å². The fraction of sp³-hybridized carbons (Fsp3) is 0.316. The zero-order valence-electron chi connectivity index (χ0n) is 14.8. The first-order valence-corrected chi connectivity index (χ1v) is 8.13. The molecule has 0 aromatic heterocycles. The minimum Gasteiger partial charge on any atom is -0.497 e. The van der Waals surface area contributed by atoms with Gasteiger partial charge in [-0.1, -0.05) is 12.1 Å². The van der Waals surface area contributed by atoms with E-state index in [0.717, 1.165) is 17.0 Å². The molecular weight excluding hydrogens is 318 g/mol. The van der Waals surface area contributed by atoms with E-state index in [0.29, 0.717) is 5.75 Å². The van der Waals surface area contributed by atoms with Gasteiger partial charge in [-0.15, -0.1) is 0 Å². The maximum Gasteiger partial charge on any atom is 0.193 e. The van der Waals surface area contributed by atoms with Crippen molar-refractivity contribution in [1.82, 2.24) is 0 Å². The van der Waals surface area contributed by atoms with Crippen molar-refractivity contribution in [3.05, 3.63) is 54.1 Å². The Hall–Kier alpha value is -2.73. The number of methoxy groups -OCH3 is 1. The van der Waals surface area contributed by atoms with Crippen molar-refractivity contribution in [2.75, 3.05) is 19.0 Å². The molecule has 0 spiro atoms. The normalized spacial score (nSPS) is 12.8. The number of guanidine groups is 1. The molecule has 0 heterocycles. The molecule has 2 aromatic carbocycles.